The van der Waals surface area contributed by atoms with Crippen LogP contribution in [0.4, 0.5) is 5.69 Å². The van der Waals surface area contributed by atoms with Crippen LogP contribution in [0, 0.1) is 20.2 Å². The van der Waals surface area contributed by atoms with Crippen molar-refractivity contribution in [3.63, 3.8) is 0 Å². The Balaban J connectivity index is 2.01. The minimum absolute atomic E-state index is 0.0158. The number of rotatable bonds is 2. The first-order chi connectivity index (χ1) is 13.6. The van der Waals surface area contributed by atoms with Crippen molar-refractivity contribution in [2.45, 2.75) is 6.23 Å². The smallest absolute Gasteiger partial charge is 0.338 e. The number of hydrogen-bond donors (Lipinski definition) is 0. The van der Waals surface area contributed by atoms with Gasteiger partial charge in [0.05, 0.1) is 55.6 Å². The van der Waals surface area contributed by atoms with Gasteiger partial charge < -0.3 is 28.4 Å². The van der Waals surface area contributed by atoms with Gasteiger partial charge in [-0.05, 0) is 6.07 Å². The van der Waals surface area contributed by atoms with Crippen LogP contribution in [0.25, 0.3) is 0 Å². The standard InChI is InChI=1S/C16H22N2O10/c19-17(20)13-1-2-14-15(11-13)27-8-7-24-4-3-23-5-6-25-12-16(18(21)22)28-10-9-26-14/h1-2,11,16H,3-10,12H2. The third-order valence-corrected chi connectivity index (χ3v) is 3.51. The number of fused-ring (bicyclic) bond motifs is 1. The first kappa shape index (κ1) is 21.8. The van der Waals surface area contributed by atoms with E-state index in [2.05, 4.69) is 0 Å². The van der Waals surface area contributed by atoms with Crippen LogP contribution in [0.2, 0.25) is 0 Å². The van der Waals surface area contributed by atoms with E-state index in [4.69, 9.17) is 28.4 Å². The molecule has 0 bridgehead atoms. The Bertz CT molecular complexity index is 642. The van der Waals surface area contributed by atoms with Crippen LogP contribution in [0.5, 0.6) is 11.5 Å². The molecule has 0 saturated carbocycles. The van der Waals surface area contributed by atoms with Gasteiger partial charge in [-0.2, -0.15) is 0 Å². The number of ether oxygens (including phenoxy) is 6. The SMILES string of the molecule is O=[N+]([O-])c1ccc2c(c1)OCCOCCOCCOCC([N+](=O)[O-])OCCO2. The van der Waals surface area contributed by atoms with Gasteiger partial charge in [0, 0.05) is 6.07 Å². The Morgan fingerprint density at radius 2 is 1.39 bits per heavy atom. The maximum atomic E-state index is 11.0. The zero-order valence-corrected chi connectivity index (χ0v) is 15.2. The predicted octanol–water partition coefficient (Wildman–Crippen LogP) is 1.04. The lowest BCUT2D eigenvalue weighted by atomic mass is 10.3. The molecule has 12 heteroatoms. The minimum Gasteiger partial charge on any atom is -0.487 e. The molecule has 2 rings (SSSR count). The number of benzene rings is 1. The molecule has 156 valence electrons. The third-order valence-electron chi connectivity index (χ3n) is 3.51. The Kier molecular flexibility index (Phi) is 9.34. The molecule has 1 atom stereocenters. The first-order valence-corrected chi connectivity index (χ1v) is 8.60. The lowest BCUT2D eigenvalue weighted by molar-refractivity contribution is -0.580. The van der Waals surface area contributed by atoms with Crippen LogP contribution in [0.1, 0.15) is 0 Å². The molecule has 12 nitrogen and oxygen atoms in total. The largest absolute Gasteiger partial charge is 0.487 e. The number of hydrogen-bond acceptors (Lipinski definition) is 10. The van der Waals surface area contributed by atoms with E-state index >= 15 is 0 Å². The molecule has 1 aromatic rings. The third kappa shape index (κ3) is 7.60. The maximum absolute atomic E-state index is 11.0. The summed E-state index contributed by atoms with van der Waals surface area (Å²) in [6.07, 6.45) is -1.33. The van der Waals surface area contributed by atoms with Crippen molar-refractivity contribution >= 4 is 5.69 Å². The molecule has 0 amide bonds. The van der Waals surface area contributed by atoms with Gasteiger partial charge in [0.15, 0.2) is 11.5 Å². The van der Waals surface area contributed by atoms with E-state index in [0.29, 0.717) is 13.2 Å². The maximum Gasteiger partial charge on any atom is 0.338 e. The summed E-state index contributed by atoms with van der Waals surface area (Å²) < 4.78 is 32.0. The molecule has 0 saturated heterocycles. The average Bonchev–Trinajstić information content (AvgIpc) is 2.67. The minimum atomic E-state index is -1.33. The molecular formula is C16H22N2O10. The molecule has 0 fully saturated rings. The van der Waals surface area contributed by atoms with Crippen LogP contribution in [-0.2, 0) is 18.9 Å². The van der Waals surface area contributed by atoms with Gasteiger partial charge in [-0.1, -0.05) is 0 Å². The Morgan fingerprint density at radius 1 is 0.786 bits per heavy atom. The van der Waals surface area contributed by atoms with E-state index in [9.17, 15) is 20.2 Å². The lowest BCUT2D eigenvalue weighted by Gasteiger charge is -2.15. The molecular weight excluding hydrogens is 380 g/mol. The van der Waals surface area contributed by atoms with Crippen molar-refractivity contribution in [3.05, 3.63) is 38.4 Å². The molecule has 1 heterocycles. The zero-order valence-electron chi connectivity index (χ0n) is 15.2. The van der Waals surface area contributed by atoms with Crippen LogP contribution in [0.3, 0.4) is 0 Å². The molecule has 0 N–H and O–H groups in total. The fraction of sp³-hybridized carbons (Fsp3) is 0.625. The molecule has 1 aromatic carbocycles. The first-order valence-electron chi connectivity index (χ1n) is 8.60. The lowest BCUT2D eigenvalue weighted by Crippen LogP contribution is -2.31. The number of non-ortho nitro benzene ring substituents is 1. The quantitative estimate of drug-likeness (QED) is 0.520. The van der Waals surface area contributed by atoms with Gasteiger partial charge >= 0.3 is 6.23 Å². The number of nitrogens with zero attached hydrogens (tertiary/aromatic N) is 2. The summed E-state index contributed by atoms with van der Waals surface area (Å²) in [5.41, 5.74) is -0.152. The Morgan fingerprint density at radius 3 is 2.07 bits per heavy atom. The molecule has 0 aliphatic carbocycles. The summed E-state index contributed by atoms with van der Waals surface area (Å²) in [5.74, 6) is 0.428. The van der Waals surface area contributed by atoms with Gasteiger partial charge in [0.1, 0.15) is 19.8 Å². The van der Waals surface area contributed by atoms with E-state index in [1.807, 2.05) is 0 Å². The van der Waals surface area contributed by atoms with Gasteiger partial charge in [0.2, 0.25) is 0 Å². The highest BCUT2D eigenvalue weighted by Gasteiger charge is 2.21. The molecule has 1 unspecified atom stereocenters. The fourth-order valence-electron chi connectivity index (χ4n) is 2.18. The highest BCUT2D eigenvalue weighted by atomic mass is 16.7. The fourth-order valence-corrected chi connectivity index (χ4v) is 2.18. The van der Waals surface area contributed by atoms with Crippen molar-refractivity contribution < 1.29 is 38.3 Å². The zero-order chi connectivity index (χ0) is 20.2. The number of nitro groups is 2. The van der Waals surface area contributed by atoms with Gasteiger partial charge in [-0.15, -0.1) is 0 Å². The molecule has 0 spiro atoms. The Hall–Kier alpha value is -2.54. The van der Waals surface area contributed by atoms with Crippen LogP contribution in [0.15, 0.2) is 18.2 Å². The van der Waals surface area contributed by atoms with Crippen LogP contribution < -0.4 is 9.47 Å². The topological polar surface area (TPSA) is 142 Å². The summed E-state index contributed by atoms with van der Waals surface area (Å²) >= 11 is 0. The summed E-state index contributed by atoms with van der Waals surface area (Å²) in [4.78, 5) is 20.8. The summed E-state index contributed by atoms with van der Waals surface area (Å²) in [6, 6.07) is 3.91. The summed E-state index contributed by atoms with van der Waals surface area (Å²) in [7, 11) is 0. The molecule has 0 aromatic heterocycles. The molecule has 1 aliphatic rings. The van der Waals surface area contributed by atoms with E-state index in [0.717, 1.165) is 0 Å². The second-order valence-electron chi connectivity index (χ2n) is 5.50. The van der Waals surface area contributed by atoms with E-state index in [1.165, 1.54) is 18.2 Å². The normalized spacial score (nSPS) is 20.5. The van der Waals surface area contributed by atoms with E-state index < -0.39 is 16.1 Å². The van der Waals surface area contributed by atoms with Crippen LogP contribution >= 0.6 is 0 Å². The van der Waals surface area contributed by atoms with Crippen molar-refractivity contribution in [2.75, 3.05) is 59.5 Å². The second-order valence-corrected chi connectivity index (χ2v) is 5.50. The molecule has 1 aliphatic heterocycles. The van der Waals surface area contributed by atoms with Gasteiger partial charge in [0.25, 0.3) is 5.69 Å². The number of nitro benzene ring substituents is 1. The summed E-state index contributed by atoms with van der Waals surface area (Å²) in [6.45, 7) is 1.20. The van der Waals surface area contributed by atoms with Gasteiger partial charge in [-0.25, -0.2) is 0 Å². The predicted molar refractivity (Wildman–Crippen MR) is 93.3 cm³/mol. The van der Waals surface area contributed by atoms with E-state index in [1.54, 1.807) is 0 Å². The molecule has 28 heavy (non-hydrogen) atoms. The van der Waals surface area contributed by atoms with Crippen LogP contribution in [-0.4, -0.2) is 75.5 Å². The van der Waals surface area contributed by atoms with Crippen molar-refractivity contribution in [2.24, 2.45) is 0 Å². The monoisotopic (exact) mass is 402 g/mol. The second kappa shape index (κ2) is 12.0. The highest BCUT2D eigenvalue weighted by Crippen LogP contribution is 2.31. The highest BCUT2D eigenvalue weighted by molar-refractivity contribution is 5.48. The molecule has 0 radical (unpaired) electrons. The van der Waals surface area contributed by atoms with Crippen molar-refractivity contribution in [1.82, 2.24) is 0 Å². The Labute approximate surface area is 160 Å². The van der Waals surface area contributed by atoms with Gasteiger partial charge in [-0.3, -0.25) is 20.2 Å². The summed E-state index contributed by atoms with van der Waals surface area (Å²) in [5, 5.41) is 22.0. The van der Waals surface area contributed by atoms with E-state index in [-0.39, 0.29) is 63.4 Å². The van der Waals surface area contributed by atoms with Crippen molar-refractivity contribution in [3.8, 4) is 11.5 Å². The average molecular weight is 402 g/mol. The van der Waals surface area contributed by atoms with Crippen molar-refractivity contribution in [1.29, 1.82) is 0 Å².